The molecule has 0 spiro atoms. The SMILES string of the molecule is CCS(=O)(=O)N[C@H]1CCOC[C@@H]1COc1ccc(C(C)=O)cc1F. The first kappa shape index (κ1) is 18.8. The maximum Gasteiger partial charge on any atom is 0.211 e. The number of ether oxygens (including phenoxy) is 2. The van der Waals surface area contributed by atoms with Crippen molar-refractivity contribution < 1.29 is 27.1 Å². The Kier molecular flexibility index (Phi) is 6.31. The normalized spacial score (nSPS) is 21.5. The van der Waals surface area contributed by atoms with Gasteiger partial charge in [0.1, 0.15) is 0 Å². The minimum Gasteiger partial charge on any atom is -0.490 e. The fraction of sp³-hybridized carbons (Fsp3) is 0.562. The van der Waals surface area contributed by atoms with Crippen LogP contribution < -0.4 is 9.46 Å². The van der Waals surface area contributed by atoms with Crippen LogP contribution in [0.3, 0.4) is 0 Å². The van der Waals surface area contributed by atoms with Crippen molar-refractivity contribution in [2.24, 2.45) is 5.92 Å². The van der Waals surface area contributed by atoms with E-state index in [-0.39, 0.29) is 41.4 Å². The van der Waals surface area contributed by atoms with Gasteiger partial charge in [0.25, 0.3) is 0 Å². The van der Waals surface area contributed by atoms with Crippen molar-refractivity contribution in [2.75, 3.05) is 25.6 Å². The first-order valence-electron chi connectivity index (χ1n) is 7.83. The van der Waals surface area contributed by atoms with Crippen LogP contribution in [-0.4, -0.2) is 45.8 Å². The Hall–Kier alpha value is -1.51. The van der Waals surface area contributed by atoms with Gasteiger partial charge in [-0.3, -0.25) is 4.79 Å². The van der Waals surface area contributed by atoms with Gasteiger partial charge in [0.2, 0.25) is 10.0 Å². The summed E-state index contributed by atoms with van der Waals surface area (Å²) in [7, 11) is -3.33. The lowest BCUT2D eigenvalue weighted by atomic mass is 9.98. The summed E-state index contributed by atoms with van der Waals surface area (Å²) < 4.78 is 51.0. The number of ketones is 1. The Morgan fingerprint density at radius 1 is 1.46 bits per heavy atom. The number of hydrogen-bond acceptors (Lipinski definition) is 5. The van der Waals surface area contributed by atoms with E-state index in [2.05, 4.69) is 4.72 Å². The van der Waals surface area contributed by atoms with Crippen LogP contribution in [-0.2, 0) is 14.8 Å². The quantitative estimate of drug-likeness (QED) is 0.750. The van der Waals surface area contributed by atoms with Gasteiger partial charge in [0.15, 0.2) is 17.3 Å². The Labute approximate surface area is 141 Å². The lowest BCUT2D eigenvalue weighted by molar-refractivity contribution is 0.0180. The largest absolute Gasteiger partial charge is 0.490 e. The van der Waals surface area contributed by atoms with Gasteiger partial charge in [-0.2, -0.15) is 0 Å². The summed E-state index contributed by atoms with van der Waals surface area (Å²) >= 11 is 0. The van der Waals surface area contributed by atoms with Gasteiger partial charge in [-0.1, -0.05) is 0 Å². The van der Waals surface area contributed by atoms with E-state index >= 15 is 0 Å². The van der Waals surface area contributed by atoms with Crippen LogP contribution in [0.2, 0.25) is 0 Å². The molecular weight excluding hydrogens is 337 g/mol. The van der Waals surface area contributed by atoms with Crippen molar-refractivity contribution in [2.45, 2.75) is 26.3 Å². The maximum absolute atomic E-state index is 14.0. The molecule has 1 aliphatic rings. The number of sulfonamides is 1. The fourth-order valence-electron chi connectivity index (χ4n) is 2.46. The predicted molar refractivity (Wildman–Crippen MR) is 87.2 cm³/mol. The van der Waals surface area contributed by atoms with Crippen molar-refractivity contribution in [1.82, 2.24) is 4.72 Å². The third-order valence-electron chi connectivity index (χ3n) is 3.98. The molecular formula is C16H22FNO5S. The van der Waals surface area contributed by atoms with Gasteiger partial charge in [-0.15, -0.1) is 0 Å². The zero-order chi connectivity index (χ0) is 17.7. The van der Waals surface area contributed by atoms with E-state index in [4.69, 9.17) is 9.47 Å². The minimum absolute atomic E-state index is 0.000922. The smallest absolute Gasteiger partial charge is 0.211 e. The van der Waals surface area contributed by atoms with E-state index in [1.807, 2.05) is 0 Å². The van der Waals surface area contributed by atoms with Crippen LogP contribution in [0, 0.1) is 11.7 Å². The van der Waals surface area contributed by atoms with Crippen LogP contribution in [0.15, 0.2) is 18.2 Å². The van der Waals surface area contributed by atoms with Crippen molar-refractivity contribution >= 4 is 15.8 Å². The zero-order valence-electron chi connectivity index (χ0n) is 13.7. The number of hydrogen-bond donors (Lipinski definition) is 1. The highest BCUT2D eigenvalue weighted by Crippen LogP contribution is 2.22. The van der Waals surface area contributed by atoms with Gasteiger partial charge in [0, 0.05) is 24.1 Å². The van der Waals surface area contributed by atoms with Gasteiger partial charge in [-0.05, 0) is 38.5 Å². The molecule has 8 heteroatoms. The number of carbonyl (C=O) groups is 1. The Morgan fingerprint density at radius 2 is 2.21 bits per heavy atom. The summed E-state index contributed by atoms with van der Waals surface area (Å²) in [5.41, 5.74) is 0.273. The number of carbonyl (C=O) groups excluding carboxylic acids is 1. The summed E-state index contributed by atoms with van der Waals surface area (Å²) in [4.78, 5) is 11.2. The van der Waals surface area contributed by atoms with Crippen LogP contribution in [0.25, 0.3) is 0 Å². The summed E-state index contributed by atoms with van der Waals surface area (Å²) in [6.07, 6.45) is 0.541. The van der Waals surface area contributed by atoms with E-state index in [0.717, 1.165) is 6.07 Å². The van der Waals surface area contributed by atoms with Gasteiger partial charge >= 0.3 is 0 Å². The third kappa shape index (κ3) is 4.99. The molecule has 0 aromatic heterocycles. The Morgan fingerprint density at radius 3 is 2.83 bits per heavy atom. The predicted octanol–water partition coefficient (Wildman–Crippen LogP) is 1.75. The first-order chi connectivity index (χ1) is 11.3. The van der Waals surface area contributed by atoms with Gasteiger partial charge in [-0.25, -0.2) is 17.5 Å². The van der Waals surface area contributed by atoms with E-state index in [9.17, 15) is 17.6 Å². The van der Waals surface area contributed by atoms with Crippen LogP contribution in [0.5, 0.6) is 5.75 Å². The fourth-order valence-corrected chi connectivity index (χ4v) is 3.40. The summed E-state index contributed by atoms with van der Waals surface area (Å²) in [6.45, 7) is 3.85. The molecule has 0 radical (unpaired) electrons. The van der Waals surface area contributed by atoms with Crippen molar-refractivity contribution in [1.29, 1.82) is 0 Å². The molecule has 0 unspecified atom stereocenters. The Bertz CT molecular complexity index is 692. The summed E-state index contributed by atoms with van der Waals surface area (Å²) in [5, 5.41) is 0. The molecule has 1 aromatic rings. The molecule has 1 aliphatic heterocycles. The molecule has 2 atom stereocenters. The highest BCUT2D eigenvalue weighted by molar-refractivity contribution is 7.89. The standard InChI is InChI=1S/C16H22FNO5S/c1-3-24(20,21)18-15-6-7-22-9-13(15)10-23-16-5-4-12(11(2)19)8-14(16)17/h4-5,8,13,15,18H,3,6-7,9-10H2,1-2H3/t13-,15+/m1/s1. The molecule has 0 aliphatic carbocycles. The molecule has 24 heavy (non-hydrogen) atoms. The second-order valence-corrected chi connectivity index (χ2v) is 7.81. The molecule has 0 amide bonds. The molecule has 134 valence electrons. The minimum atomic E-state index is -3.33. The summed E-state index contributed by atoms with van der Waals surface area (Å²) in [5.74, 6) is -1.03. The average molecular weight is 359 g/mol. The van der Waals surface area contributed by atoms with Crippen LogP contribution in [0.4, 0.5) is 4.39 Å². The third-order valence-corrected chi connectivity index (χ3v) is 5.40. The summed E-state index contributed by atoms with van der Waals surface area (Å²) in [6, 6.07) is 3.73. The molecule has 1 N–H and O–H groups in total. The van der Waals surface area contributed by atoms with Crippen molar-refractivity contribution in [3.63, 3.8) is 0 Å². The van der Waals surface area contributed by atoms with Crippen molar-refractivity contribution in [3.8, 4) is 5.75 Å². The highest BCUT2D eigenvalue weighted by Gasteiger charge is 2.29. The lowest BCUT2D eigenvalue weighted by Gasteiger charge is -2.31. The second-order valence-electron chi connectivity index (χ2n) is 5.76. The molecule has 6 nitrogen and oxygen atoms in total. The second kappa shape index (κ2) is 8.04. The van der Waals surface area contributed by atoms with Crippen LogP contribution >= 0.6 is 0 Å². The molecule has 0 saturated carbocycles. The van der Waals surface area contributed by atoms with E-state index in [0.29, 0.717) is 19.6 Å². The zero-order valence-corrected chi connectivity index (χ0v) is 14.6. The average Bonchev–Trinajstić information content (AvgIpc) is 2.54. The van der Waals surface area contributed by atoms with Gasteiger partial charge < -0.3 is 9.47 Å². The number of rotatable bonds is 7. The van der Waals surface area contributed by atoms with Crippen molar-refractivity contribution in [3.05, 3.63) is 29.6 Å². The molecule has 2 rings (SSSR count). The molecule has 1 heterocycles. The highest BCUT2D eigenvalue weighted by atomic mass is 32.2. The topological polar surface area (TPSA) is 81.7 Å². The van der Waals surface area contributed by atoms with E-state index in [1.165, 1.54) is 19.1 Å². The maximum atomic E-state index is 14.0. The van der Waals surface area contributed by atoms with Crippen LogP contribution in [0.1, 0.15) is 30.6 Å². The number of nitrogens with one attached hydrogen (secondary N) is 1. The number of halogens is 1. The number of Topliss-reactive ketones (excluding diaryl/α,β-unsaturated/α-hetero) is 1. The van der Waals surface area contributed by atoms with E-state index < -0.39 is 15.8 Å². The van der Waals surface area contributed by atoms with E-state index in [1.54, 1.807) is 6.92 Å². The molecule has 1 saturated heterocycles. The lowest BCUT2D eigenvalue weighted by Crippen LogP contribution is -2.48. The molecule has 0 bridgehead atoms. The number of benzene rings is 1. The Balaban J connectivity index is 2.02. The molecule has 1 fully saturated rings. The first-order valence-corrected chi connectivity index (χ1v) is 9.48. The van der Waals surface area contributed by atoms with Gasteiger partial charge in [0.05, 0.1) is 19.0 Å². The molecule has 1 aromatic carbocycles. The monoisotopic (exact) mass is 359 g/mol.